The molecule has 1 saturated carbocycles. The van der Waals surface area contributed by atoms with Gasteiger partial charge in [-0.05, 0) is 18.3 Å². The molecule has 0 spiro atoms. The second-order valence-corrected chi connectivity index (χ2v) is 5.16. The van der Waals surface area contributed by atoms with Gasteiger partial charge < -0.3 is 20.5 Å². The predicted molar refractivity (Wildman–Crippen MR) is 66.5 cm³/mol. The largest absolute Gasteiger partial charge is 0.480 e. The highest BCUT2D eigenvalue weighted by atomic mass is 16.5. The third kappa shape index (κ3) is 4.76. The third-order valence-corrected chi connectivity index (χ3v) is 3.44. The molecule has 0 aliphatic heterocycles. The van der Waals surface area contributed by atoms with Crippen LogP contribution in [0.1, 0.15) is 32.6 Å². The van der Waals surface area contributed by atoms with Crippen molar-refractivity contribution < 1.29 is 24.2 Å². The van der Waals surface area contributed by atoms with Gasteiger partial charge in [-0.3, -0.25) is 4.79 Å². The number of urea groups is 1. The fourth-order valence-electron chi connectivity index (χ4n) is 1.91. The standard InChI is InChI=1S/C12H20N2O5/c1-12(4-3-5-12)7-13-11(18)14-8(10(16)17)6-9(15)19-2/h8H,3-7H2,1-2H3,(H,16,17)(H2,13,14,18)/t8-/m0/s1. The number of nitrogens with one attached hydrogen (secondary N) is 2. The Morgan fingerprint density at radius 3 is 2.42 bits per heavy atom. The summed E-state index contributed by atoms with van der Waals surface area (Å²) in [6.45, 7) is 2.57. The Balaban J connectivity index is 2.38. The number of hydrogen-bond donors (Lipinski definition) is 3. The van der Waals surface area contributed by atoms with Crippen molar-refractivity contribution in [1.29, 1.82) is 0 Å². The first-order valence-corrected chi connectivity index (χ1v) is 6.20. The second-order valence-electron chi connectivity index (χ2n) is 5.16. The molecule has 0 bridgehead atoms. The molecule has 1 atom stereocenters. The van der Waals surface area contributed by atoms with E-state index in [0.29, 0.717) is 6.54 Å². The van der Waals surface area contributed by atoms with E-state index in [2.05, 4.69) is 22.3 Å². The van der Waals surface area contributed by atoms with Crippen molar-refractivity contribution in [2.24, 2.45) is 5.41 Å². The Hall–Kier alpha value is -1.79. The molecule has 19 heavy (non-hydrogen) atoms. The molecule has 1 aliphatic carbocycles. The fraction of sp³-hybridized carbons (Fsp3) is 0.750. The summed E-state index contributed by atoms with van der Waals surface area (Å²) < 4.78 is 4.38. The lowest BCUT2D eigenvalue weighted by Gasteiger charge is -2.38. The molecule has 3 N–H and O–H groups in total. The molecular formula is C12H20N2O5. The minimum atomic E-state index is -1.28. The number of esters is 1. The summed E-state index contributed by atoms with van der Waals surface area (Å²) in [4.78, 5) is 33.5. The van der Waals surface area contributed by atoms with E-state index in [-0.39, 0.29) is 5.41 Å². The van der Waals surface area contributed by atoms with E-state index in [0.717, 1.165) is 19.3 Å². The van der Waals surface area contributed by atoms with Gasteiger partial charge in [0.1, 0.15) is 6.04 Å². The van der Waals surface area contributed by atoms with Gasteiger partial charge in [0.25, 0.3) is 0 Å². The molecule has 0 radical (unpaired) electrons. The van der Waals surface area contributed by atoms with Crippen LogP contribution in [0.25, 0.3) is 0 Å². The molecule has 0 aromatic rings. The average Bonchev–Trinajstić information content (AvgIpc) is 2.32. The Kier molecular flexibility index (Phi) is 5.14. The van der Waals surface area contributed by atoms with E-state index in [1.54, 1.807) is 0 Å². The van der Waals surface area contributed by atoms with Gasteiger partial charge in [0, 0.05) is 6.54 Å². The van der Waals surface area contributed by atoms with Crippen molar-refractivity contribution in [2.75, 3.05) is 13.7 Å². The van der Waals surface area contributed by atoms with Crippen molar-refractivity contribution in [1.82, 2.24) is 10.6 Å². The molecule has 0 aromatic heterocycles. The van der Waals surface area contributed by atoms with Crippen LogP contribution in [0.15, 0.2) is 0 Å². The summed E-state index contributed by atoms with van der Waals surface area (Å²) in [5.41, 5.74) is 0.110. The first kappa shape index (κ1) is 15.3. The van der Waals surface area contributed by atoms with Gasteiger partial charge in [-0.1, -0.05) is 13.3 Å². The summed E-state index contributed by atoms with van der Waals surface area (Å²) in [7, 11) is 1.17. The zero-order chi connectivity index (χ0) is 14.5. The van der Waals surface area contributed by atoms with E-state index < -0.39 is 30.4 Å². The van der Waals surface area contributed by atoms with Crippen LogP contribution in [0.2, 0.25) is 0 Å². The van der Waals surface area contributed by atoms with Gasteiger partial charge in [0.2, 0.25) is 0 Å². The number of aliphatic carboxylic acids is 1. The van der Waals surface area contributed by atoms with Gasteiger partial charge in [-0.15, -0.1) is 0 Å². The molecule has 108 valence electrons. The average molecular weight is 272 g/mol. The Morgan fingerprint density at radius 2 is 2.00 bits per heavy atom. The monoisotopic (exact) mass is 272 g/mol. The minimum Gasteiger partial charge on any atom is -0.480 e. The molecule has 7 nitrogen and oxygen atoms in total. The number of hydrogen-bond acceptors (Lipinski definition) is 4. The normalized spacial score (nSPS) is 17.8. The molecule has 0 unspecified atom stereocenters. The SMILES string of the molecule is COC(=O)C[C@H](NC(=O)NCC1(C)CCC1)C(=O)O. The second kappa shape index (κ2) is 6.40. The van der Waals surface area contributed by atoms with Crippen LogP contribution >= 0.6 is 0 Å². The van der Waals surface area contributed by atoms with Crippen LogP contribution in [0.4, 0.5) is 4.79 Å². The quantitative estimate of drug-likeness (QED) is 0.610. The highest BCUT2D eigenvalue weighted by Crippen LogP contribution is 2.39. The number of rotatable bonds is 6. The van der Waals surface area contributed by atoms with E-state index in [9.17, 15) is 14.4 Å². The number of methoxy groups -OCH3 is 1. The van der Waals surface area contributed by atoms with Crippen LogP contribution in [-0.4, -0.2) is 42.8 Å². The van der Waals surface area contributed by atoms with Gasteiger partial charge in [0.15, 0.2) is 0 Å². The van der Waals surface area contributed by atoms with Gasteiger partial charge >= 0.3 is 18.0 Å². The Morgan fingerprint density at radius 1 is 1.37 bits per heavy atom. The Bertz CT molecular complexity index is 365. The number of carboxylic acids is 1. The highest BCUT2D eigenvalue weighted by Gasteiger charge is 2.32. The summed E-state index contributed by atoms with van der Waals surface area (Å²) >= 11 is 0. The van der Waals surface area contributed by atoms with E-state index >= 15 is 0 Å². The van der Waals surface area contributed by atoms with E-state index in [4.69, 9.17) is 5.11 Å². The summed E-state index contributed by atoms with van der Waals surface area (Å²) in [6, 6.07) is -1.86. The van der Waals surface area contributed by atoms with Gasteiger partial charge in [0.05, 0.1) is 13.5 Å². The van der Waals surface area contributed by atoms with Crippen LogP contribution in [0.3, 0.4) is 0 Å². The lowest BCUT2D eigenvalue weighted by atomic mass is 9.70. The summed E-state index contributed by atoms with van der Waals surface area (Å²) in [5.74, 6) is -1.95. The van der Waals surface area contributed by atoms with Crippen molar-refractivity contribution in [3.8, 4) is 0 Å². The maximum absolute atomic E-state index is 11.6. The van der Waals surface area contributed by atoms with Crippen molar-refractivity contribution in [2.45, 2.75) is 38.6 Å². The summed E-state index contributed by atoms with van der Waals surface area (Å²) in [5, 5.41) is 13.8. The topological polar surface area (TPSA) is 105 Å². The molecule has 1 aliphatic rings. The lowest BCUT2D eigenvalue weighted by Crippen LogP contribution is -2.50. The van der Waals surface area contributed by atoms with E-state index in [1.165, 1.54) is 7.11 Å². The van der Waals surface area contributed by atoms with Crippen LogP contribution in [0, 0.1) is 5.41 Å². The van der Waals surface area contributed by atoms with Crippen LogP contribution in [-0.2, 0) is 14.3 Å². The first-order valence-electron chi connectivity index (χ1n) is 6.20. The van der Waals surface area contributed by atoms with E-state index in [1.807, 2.05) is 0 Å². The molecule has 7 heteroatoms. The lowest BCUT2D eigenvalue weighted by molar-refractivity contribution is -0.147. The Labute approximate surface area is 111 Å². The molecular weight excluding hydrogens is 252 g/mol. The van der Waals surface area contributed by atoms with Gasteiger partial charge in [-0.25, -0.2) is 9.59 Å². The number of amides is 2. The molecule has 0 aromatic carbocycles. The molecule has 2 amide bonds. The summed E-state index contributed by atoms with van der Waals surface area (Å²) in [6.07, 6.45) is 2.87. The number of carboxylic acid groups (broad SMARTS) is 1. The molecule has 0 heterocycles. The highest BCUT2D eigenvalue weighted by molar-refractivity contribution is 5.86. The zero-order valence-corrected chi connectivity index (χ0v) is 11.2. The van der Waals surface area contributed by atoms with Crippen molar-refractivity contribution in [3.05, 3.63) is 0 Å². The van der Waals surface area contributed by atoms with Gasteiger partial charge in [-0.2, -0.15) is 0 Å². The minimum absolute atomic E-state index is 0.110. The molecule has 1 fully saturated rings. The van der Waals surface area contributed by atoms with Crippen molar-refractivity contribution in [3.63, 3.8) is 0 Å². The number of carbonyl (C=O) groups excluding carboxylic acids is 2. The molecule has 1 rings (SSSR count). The maximum Gasteiger partial charge on any atom is 0.326 e. The van der Waals surface area contributed by atoms with Crippen LogP contribution < -0.4 is 10.6 Å². The number of carbonyl (C=O) groups is 3. The fourth-order valence-corrected chi connectivity index (χ4v) is 1.91. The van der Waals surface area contributed by atoms with Crippen LogP contribution in [0.5, 0.6) is 0 Å². The third-order valence-electron chi connectivity index (χ3n) is 3.44. The first-order chi connectivity index (χ1) is 8.86. The smallest absolute Gasteiger partial charge is 0.326 e. The number of ether oxygens (including phenoxy) is 1. The maximum atomic E-state index is 11.6. The zero-order valence-electron chi connectivity index (χ0n) is 11.2. The predicted octanol–water partition coefficient (Wildman–Crippen LogP) is 0.492. The van der Waals surface area contributed by atoms with Crippen molar-refractivity contribution >= 4 is 18.0 Å². The molecule has 0 saturated heterocycles.